The zero-order valence-corrected chi connectivity index (χ0v) is 16.6. The lowest BCUT2D eigenvalue weighted by Crippen LogP contribution is -2.52. The molecule has 2 aliphatic rings. The van der Waals surface area contributed by atoms with Gasteiger partial charge >= 0.3 is 5.69 Å². The number of anilines is 1. The third-order valence-electron chi connectivity index (χ3n) is 6.07. The molecule has 2 aromatic heterocycles. The summed E-state index contributed by atoms with van der Waals surface area (Å²) in [5.41, 5.74) is 3.28. The molecule has 9 heteroatoms. The number of piperazine rings is 1. The molecule has 0 aromatic carbocycles. The van der Waals surface area contributed by atoms with E-state index in [0.29, 0.717) is 43.3 Å². The van der Waals surface area contributed by atoms with Gasteiger partial charge in [-0.1, -0.05) is 0 Å². The molecule has 0 saturated carbocycles. The maximum atomic E-state index is 13.0. The van der Waals surface area contributed by atoms with E-state index in [2.05, 4.69) is 10.2 Å². The third kappa shape index (κ3) is 2.85. The second-order valence-electron chi connectivity index (χ2n) is 7.66. The normalized spacial score (nSPS) is 17.0. The molecule has 1 N–H and O–H groups in total. The maximum absolute atomic E-state index is 13.0. The van der Waals surface area contributed by atoms with E-state index in [-0.39, 0.29) is 17.2 Å². The summed E-state index contributed by atoms with van der Waals surface area (Å²) >= 11 is 0. The van der Waals surface area contributed by atoms with E-state index >= 15 is 0 Å². The fraction of sp³-hybridized carbons (Fsp3) is 0.579. The predicted molar refractivity (Wildman–Crippen MR) is 105 cm³/mol. The lowest BCUT2D eigenvalue weighted by molar-refractivity contribution is 0.0739. The van der Waals surface area contributed by atoms with Crippen LogP contribution in [0.3, 0.4) is 0 Å². The maximum Gasteiger partial charge on any atom is 0.330 e. The number of rotatable bonds is 2. The number of hydrogen-bond acceptors (Lipinski definition) is 5. The van der Waals surface area contributed by atoms with Crippen molar-refractivity contribution in [3.8, 4) is 0 Å². The molecule has 9 nitrogen and oxygen atoms in total. The van der Waals surface area contributed by atoms with Crippen molar-refractivity contribution in [2.24, 2.45) is 14.1 Å². The Bertz CT molecular complexity index is 1040. The van der Waals surface area contributed by atoms with Gasteiger partial charge in [-0.2, -0.15) is 5.10 Å². The Morgan fingerprint density at radius 2 is 1.68 bits per heavy atom. The van der Waals surface area contributed by atoms with Gasteiger partial charge in [0.1, 0.15) is 5.69 Å². The SMILES string of the molecule is Cc1c(N2CCN(C(=O)c3n[nH]c4c3CCCC4)CC2)c(=O)n(C)c(=O)n1C. The first kappa shape index (κ1) is 18.5. The molecule has 1 amide bonds. The van der Waals surface area contributed by atoms with Crippen molar-refractivity contribution in [1.82, 2.24) is 24.2 Å². The summed E-state index contributed by atoms with van der Waals surface area (Å²) in [7, 11) is 3.16. The van der Waals surface area contributed by atoms with Crippen LogP contribution in [0, 0.1) is 6.92 Å². The van der Waals surface area contributed by atoms with Crippen LogP contribution < -0.4 is 16.1 Å². The molecule has 1 aliphatic carbocycles. The number of nitrogens with zero attached hydrogens (tertiary/aromatic N) is 5. The summed E-state index contributed by atoms with van der Waals surface area (Å²) in [6, 6.07) is 0. The highest BCUT2D eigenvalue weighted by Crippen LogP contribution is 2.24. The average molecular weight is 386 g/mol. The topological polar surface area (TPSA) is 96.2 Å². The predicted octanol–water partition coefficient (Wildman–Crippen LogP) is -0.0433. The standard InChI is InChI=1S/C19H26N6O3/c1-12-16(18(27)23(3)19(28)22(12)2)24-8-10-25(11-9-24)17(26)15-13-6-4-5-7-14(13)20-21-15/h4-11H2,1-3H3,(H,20,21). The molecule has 2 aromatic rings. The van der Waals surface area contributed by atoms with Crippen LogP contribution in [0.2, 0.25) is 0 Å². The molecule has 1 fully saturated rings. The zero-order valence-electron chi connectivity index (χ0n) is 16.6. The van der Waals surface area contributed by atoms with Crippen molar-refractivity contribution < 1.29 is 4.79 Å². The van der Waals surface area contributed by atoms with Gasteiger partial charge in [0.15, 0.2) is 5.69 Å². The number of H-pyrrole nitrogens is 1. The lowest BCUT2D eigenvalue weighted by Gasteiger charge is -2.36. The van der Waals surface area contributed by atoms with Gasteiger partial charge in [-0.05, 0) is 32.6 Å². The van der Waals surface area contributed by atoms with E-state index in [1.54, 1.807) is 14.0 Å². The summed E-state index contributed by atoms with van der Waals surface area (Å²) in [6.07, 6.45) is 4.09. The van der Waals surface area contributed by atoms with Gasteiger partial charge in [-0.3, -0.25) is 23.8 Å². The lowest BCUT2D eigenvalue weighted by atomic mass is 9.95. The molecule has 0 unspecified atom stereocenters. The molecule has 1 saturated heterocycles. The molecule has 0 spiro atoms. The number of amides is 1. The Hall–Kier alpha value is -2.84. The Morgan fingerprint density at radius 1 is 1.00 bits per heavy atom. The van der Waals surface area contributed by atoms with Gasteiger partial charge in [0.05, 0.1) is 0 Å². The monoisotopic (exact) mass is 386 g/mol. The summed E-state index contributed by atoms with van der Waals surface area (Å²) in [4.78, 5) is 41.5. The summed E-state index contributed by atoms with van der Waals surface area (Å²) in [5, 5.41) is 7.32. The molecule has 0 radical (unpaired) electrons. The summed E-state index contributed by atoms with van der Waals surface area (Å²) in [5.74, 6) is -0.0378. The van der Waals surface area contributed by atoms with Crippen molar-refractivity contribution in [3.63, 3.8) is 0 Å². The molecule has 0 atom stereocenters. The minimum absolute atomic E-state index is 0.0378. The highest BCUT2D eigenvalue weighted by atomic mass is 16.2. The molecule has 150 valence electrons. The molecule has 1 aliphatic heterocycles. The van der Waals surface area contributed by atoms with Crippen LogP contribution in [0.4, 0.5) is 5.69 Å². The van der Waals surface area contributed by atoms with Gasteiger partial charge in [-0.25, -0.2) is 4.79 Å². The van der Waals surface area contributed by atoms with Crippen molar-refractivity contribution in [2.75, 3.05) is 31.1 Å². The quantitative estimate of drug-likeness (QED) is 0.781. The van der Waals surface area contributed by atoms with E-state index in [1.807, 2.05) is 9.80 Å². The molecular weight excluding hydrogens is 360 g/mol. The molecular formula is C19H26N6O3. The van der Waals surface area contributed by atoms with Crippen molar-refractivity contribution in [2.45, 2.75) is 32.6 Å². The van der Waals surface area contributed by atoms with E-state index < -0.39 is 0 Å². The van der Waals surface area contributed by atoms with Crippen molar-refractivity contribution >= 4 is 11.6 Å². The first-order valence-electron chi connectivity index (χ1n) is 9.77. The summed E-state index contributed by atoms with van der Waals surface area (Å²) in [6.45, 7) is 3.92. The fourth-order valence-corrected chi connectivity index (χ4v) is 4.23. The van der Waals surface area contributed by atoms with E-state index in [4.69, 9.17) is 0 Å². The smallest absolute Gasteiger partial charge is 0.330 e. The van der Waals surface area contributed by atoms with Gasteiger partial charge in [0.25, 0.3) is 11.5 Å². The van der Waals surface area contributed by atoms with Crippen LogP contribution in [-0.2, 0) is 26.9 Å². The number of carbonyl (C=O) groups is 1. The number of aryl methyl sites for hydroxylation is 1. The van der Waals surface area contributed by atoms with Crippen molar-refractivity contribution in [1.29, 1.82) is 0 Å². The highest BCUT2D eigenvalue weighted by Gasteiger charge is 2.29. The van der Waals surface area contributed by atoms with E-state index in [1.165, 1.54) is 11.6 Å². The van der Waals surface area contributed by atoms with Gasteiger partial charge in [0, 0.05) is 57.2 Å². The van der Waals surface area contributed by atoms with E-state index in [0.717, 1.165) is 41.5 Å². The van der Waals surface area contributed by atoms with Crippen LogP contribution in [-0.4, -0.2) is 56.3 Å². The minimum Gasteiger partial charge on any atom is -0.362 e. The number of carbonyl (C=O) groups excluding carboxylic acids is 1. The molecule has 0 bridgehead atoms. The van der Waals surface area contributed by atoms with Crippen LogP contribution in [0.15, 0.2) is 9.59 Å². The number of aromatic nitrogens is 4. The van der Waals surface area contributed by atoms with Crippen LogP contribution >= 0.6 is 0 Å². The Kier molecular flexibility index (Phi) is 4.60. The Balaban J connectivity index is 1.53. The Labute approximate surface area is 162 Å². The van der Waals surface area contributed by atoms with Gasteiger partial charge < -0.3 is 9.80 Å². The second kappa shape index (κ2) is 6.96. The molecule has 4 rings (SSSR count). The largest absolute Gasteiger partial charge is 0.362 e. The Morgan fingerprint density at radius 3 is 2.39 bits per heavy atom. The average Bonchev–Trinajstić information content (AvgIpc) is 3.15. The highest BCUT2D eigenvalue weighted by molar-refractivity contribution is 5.94. The van der Waals surface area contributed by atoms with Gasteiger partial charge in [-0.15, -0.1) is 0 Å². The summed E-state index contributed by atoms with van der Waals surface area (Å²) < 4.78 is 2.63. The van der Waals surface area contributed by atoms with E-state index in [9.17, 15) is 14.4 Å². The van der Waals surface area contributed by atoms with Crippen LogP contribution in [0.5, 0.6) is 0 Å². The third-order valence-corrected chi connectivity index (χ3v) is 6.07. The zero-order chi connectivity index (χ0) is 20.0. The minimum atomic E-state index is -0.330. The molecule has 28 heavy (non-hydrogen) atoms. The van der Waals surface area contributed by atoms with Crippen LogP contribution in [0.1, 0.15) is 40.3 Å². The fourth-order valence-electron chi connectivity index (χ4n) is 4.23. The number of aromatic amines is 1. The first-order valence-corrected chi connectivity index (χ1v) is 9.77. The number of nitrogens with one attached hydrogen (secondary N) is 1. The van der Waals surface area contributed by atoms with Gasteiger partial charge in [0.2, 0.25) is 0 Å². The first-order chi connectivity index (χ1) is 13.4. The van der Waals surface area contributed by atoms with Crippen molar-refractivity contribution in [3.05, 3.63) is 43.5 Å². The molecule has 3 heterocycles. The number of hydrogen-bond donors (Lipinski definition) is 1. The van der Waals surface area contributed by atoms with Crippen LogP contribution in [0.25, 0.3) is 0 Å². The number of fused-ring (bicyclic) bond motifs is 1. The second-order valence-corrected chi connectivity index (χ2v) is 7.66.